The Hall–Kier alpha value is -1.70. The zero-order chi connectivity index (χ0) is 16.6. The first kappa shape index (κ1) is 16.2. The van der Waals surface area contributed by atoms with Gasteiger partial charge in [-0.3, -0.25) is 4.79 Å². The van der Waals surface area contributed by atoms with E-state index in [9.17, 15) is 9.59 Å². The number of carbonyl (C=O) groups is 1. The van der Waals surface area contributed by atoms with Gasteiger partial charge in [-0.2, -0.15) is 0 Å². The van der Waals surface area contributed by atoms with E-state index in [1.165, 1.54) is 6.07 Å². The molecule has 1 aromatic heterocycles. The van der Waals surface area contributed by atoms with Crippen molar-refractivity contribution in [3.05, 3.63) is 44.2 Å². The monoisotopic (exact) mass is 381 g/mol. The molecule has 1 aliphatic heterocycles. The summed E-state index contributed by atoms with van der Waals surface area (Å²) < 4.78 is 17.1. The average molecular weight is 382 g/mol. The number of aromatic amines is 1. The van der Waals surface area contributed by atoms with Crippen molar-refractivity contribution in [3.8, 4) is 0 Å². The molecule has 7 heteroatoms. The summed E-state index contributed by atoms with van der Waals surface area (Å²) in [5.74, 6) is -1.54. The Morgan fingerprint density at radius 1 is 1.35 bits per heavy atom. The van der Waals surface area contributed by atoms with Gasteiger partial charge in [-0.1, -0.05) is 15.9 Å². The van der Waals surface area contributed by atoms with Gasteiger partial charge < -0.3 is 19.2 Å². The summed E-state index contributed by atoms with van der Waals surface area (Å²) in [5, 5.41) is 0.447. The predicted molar refractivity (Wildman–Crippen MR) is 87.5 cm³/mol. The van der Waals surface area contributed by atoms with Crippen molar-refractivity contribution in [2.75, 3.05) is 19.8 Å². The molecule has 1 N–H and O–H groups in total. The molecule has 0 unspecified atom stereocenters. The van der Waals surface area contributed by atoms with Crippen LogP contribution in [0.1, 0.15) is 29.9 Å². The summed E-state index contributed by atoms with van der Waals surface area (Å²) in [4.78, 5) is 27.4. The van der Waals surface area contributed by atoms with E-state index in [4.69, 9.17) is 14.2 Å². The molecule has 0 spiro atoms. The van der Waals surface area contributed by atoms with Crippen LogP contribution in [0.25, 0.3) is 10.9 Å². The number of H-pyrrole nitrogens is 1. The number of hydrogen-bond donors (Lipinski definition) is 1. The van der Waals surface area contributed by atoms with Crippen molar-refractivity contribution in [1.29, 1.82) is 0 Å². The lowest BCUT2D eigenvalue weighted by molar-refractivity contribution is -0.148. The third kappa shape index (κ3) is 2.91. The molecule has 1 fully saturated rings. The van der Waals surface area contributed by atoms with Crippen LogP contribution in [0.5, 0.6) is 0 Å². The number of aromatic nitrogens is 1. The maximum atomic E-state index is 12.4. The fourth-order valence-corrected chi connectivity index (χ4v) is 3.12. The van der Waals surface area contributed by atoms with Gasteiger partial charge in [0, 0.05) is 21.5 Å². The van der Waals surface area contributed by atoms with Crippen molar-refractivity contribution >= 4 is 32.8 Å². The lowest BCUT2D eigenvalue weighted by atomic mass is 10.0. The van der Waals surface area contributed by atoms with Gasteiger partial charge in [-0.15, -0.1) is 0 Å². The summed E-state index contributed by atoms with van der Waals surface area (Å²) >= 11 is 3.41. The van der Waals surface area contributed by atoms with E-state index in [0.717, 1.165) is 4.47 Å². The molecule has 0 saturated carbocycles. The van der Waals surface area contributed by atoms with Crippen LogP contribution < -0.4 is 5.43 Å². The molecule has 0 amide bonds. The van der Waals surface area contributed by atoms with E-state index >= 15 is 0 Å². The molecular formula is C16H16BrNO5. The molecule has 2 aromatic rings. The minimum absolute atomic E-state index is 0.106. The van der Waals surface area contributed by atoms with Gasteiger partial charge >= 0.3 is 5.97 Å². The summed E-state index contributed by atoms with van der Waals surface area (Å²) in [7, 11) is 0. The quantitative estimate of drug-likeness (QED) is 0.826. The fraction of sp³-hybridized carbons (Fsp3) is 0.375. The Kier molecular flexibility index (Phi) is 4.27. The molecule has 122 valence electrons. The van der Waals surface area contributed by atoms with Gasteiger partial charge in [0.2, 0.25) is 0 Å². The summed E-state index contributed by atoms with van der Waals surface area (Å²) in [6.07, 6.45) is 0. The number of fused-ring (bicyclic) bond motifs is 1. The Morgan fingerprint density at radius 2 is 2.04 bits per heavy atom. The van der Waals surface area contributed by atoms with Gasteiger partial charge in [0.15, 0.2) is 11.2 Å². The Bertz CT molecular complexity index is 823. The van der Waals surface area contributed by atoms with E-state index in [2.05, 4.69) is 20.9 Å². The number of pyridine rings is 1. The van der Waals surface area contributed by atoms with Crippen LogP contribution in [-0.4, -0.2) is 30.8 Å². The number of rotatable bonds is 3. The third-order valence-electron chi connectivity index (χ3n) is 3.73. The first-order valence-electron chi connectivity index (χ1n) is 7.26. The maximum absolute atomic E-state index is 12.4. The summed E-state index contributed by atoms with van der Waals surface area (Å²) in [6.45, 7) is 4.66. The highest BCUT2D eigenvalue weighted by atomic mass is 79.9. The van der Waals surface area contributed by atoms with Gasteiger partial charge in [0.05, 0.1) is 25.3 Å². The zero-order valence-electron chi connectivity index (χ0n) is 12.8. The van der Waals surface area contributed by atoms with Gasteiger partial charge in [0.25, 0.3) is 0 Å². The minimum atomic E-state index is -0.974. The molecule has 0 aliphatic carbocycles. The zero-order valence-corrected chi connectivity index (χ0v) is 14.4. The van der Waals surface area contributed by atoms with E-state index in [1.54, 1.807) is 19.9 Å². The molecule has 0 atom stereocenters. The van der Waals surface area contributed by atoms with Gasteiger partial charge in [0.1, 0.15) is 5.69 Å². The van der Waals surface area contributed by atoms with E-state index in [-0.39, 0.29) is 17.7 Å². The van der Waals surface area contributed by atoms with Gasteiger partial charge in [-0.25, -0.2) is 4.79 Å². The highest BCUT2D eigenvalue weighted by Gasteiger charge is 2.35. The SMILES string of the molecule is CCOC(=O)c1cc(=O)c2cc(Br)cc(C3(C)OCCO3)c2[nH]1. The topological polar surface area (TPSA) is 77.6 Å². The fourth-order valence-electron chi connectivity index (χ4n) is 2.66. The number of nitrogens with one attached hydrogen (secondary N) is 1. The number of halogens is 1. The standard InChI is InChI=1S/C16H16BrNO5/c1-3-21-15(20)12-8-13(19)10-6-9(17)7-11(14(10)18-12)16(2)22-4-5-23-16/h6-8H,3-5H2,1-2H3,(H,18,19). The van der Waals surface area contributed by atoms with Crippen LogP contribution in [-0.2, 0) is 20.0 Å². The third-order valence-corrected chi connectivity index (χ3v) is 4.18. The van der Waals surface area contributed by atoms with E-state index in [0.29, 0.717) is 29.7 Å². The second-order valence-electron chi connectivity index (χ2n) is 5.29. The maximum Gasteiger partial charge on any atom is 0.354 e. The molecule has 3 rings (SSSR count). The van der Waals surface area contributed by atoms with Crippen LogP contribution in [0.3, 0.4) is 0 Å². The highest BCUT2D eigenvalue weighted by Crippen LogP contribution is 2.36. The molecular weight excluding hydrogens is 366 g/mol. The molecule has 1 saturated heterocycles. The van der Waals surface area contributed by atoms with Crippen LogP contribution in [0, 0.1) is 0 Å². The molecule has 2 heterocycles. The number of carbonyl (C=O) groups excluding carboxylic acids is 1. The predicted octanol–water partition coefficient (Wildman–Crippen LogP) is 2.69. The van der Waals surface area contributed by atoms with Crippen molar-refractivity contribution in [1.82, 2.24) is 4.98 Å². The molecule has 1 aliphatic rings. The second kappa shape index (κ2) is 6.07. The van der Waals surface area contributed by atoms with Crippen LogP contribution in [0.2, 0.25) is 0 Å². The van der Waals surface area contributed by atoms with Crippen LogP contribution in [0.15, 0.2) is 27.5 Å². The van der Waals surface area contributed by atoms with E-state index in [1.807, 2.05) is 6.07 Å². The molecule has 23 heavy (non-hydrogen) atoms. The number of ether oxygens (including phenoxy) is 3. The Balaban J connectivity index is 2.27. The lowest BCUT2D eigenvalue weighted by Gasteiger charge is -2.24. The summed E-state index contributed by atoms with van der Waals surface area (Å²) in [5.41, 5.74) is 0.997. The summed E-state index contributed by atoms with van der Waals surface area (Å²) in [6, 6.07) is 4.76. The first-order chi connectivity index (χ1) is 10.9. The van der Waals surface area contributed by atoms with Crippen molar-refractivity contribution in [2.24, 2.45) is 0 Å². The normalized spacial score (nSPS) is 16.7. The molecule has 6 nitrogen and oxygen atoms in total. The minimum Gasteiger partial charge on any atom is -0.461 e. The van der Waals surface area contributed by atoms with Crippen LogP contribution in [0.4, 0.5) is 0 Å². The average Bonchev–Trinajstić information content (AvgIpc) is 2.95. The van der Waals surface area contributed by atoms with Crippen molar-refractivity contribution in [3.63, 3.8) is 0 Å². The molecule has 0 bridgehead atoms. The smallest absolute Gasteiger partial charge is 0.354 e. The van der Waals surface area contributed by atoms with Crippen molar-refractivity contribution in [2.45, 2.75) is 19.6 Å². The first-order valence-corrected chi connectivity index (χ1v) is 8.06. The molecule has 0 radical (unpaired) electrons. The molecule has 1 aromatic carbocycles. The number of benzene rings is 1. The largest absolute Gasteiger partial charge is 0.461 e. The Morgan fingerprint density at radius 3 is 2.70 bits per heavy atom. The van der Waals surface area contributed by atoms with E-state index < -0.39 is 11.8 Å². The van der Waals surface area contributed by atoms with Crippen LogP contribution >= 0.6 is 15.9 Å². The second-order valence-corrected chi connectivity index (χ2v) is 6.20. The highest BCUT2D eigenvalue weighted by molar-refractivity contribution is 9.10. The van der Waals surface area contributed by atoms with Crippen molar-refractivity contribution < 1.29 is 19.0 Å². The number of hydrogen-bond acceptors (Lipinski definition) is 5. The lowest BCUT2D eigenvalue weighted by Crippen LogP contribution is -2.24. The number of esters is 1. The van der Waals surface area contributed by atoms with Gasteiger partial charge in [-0.05, 0) is 26.0 Å². The Labute approximate surface area is 140 Å².